The lowest BCUT2D eigenvalue weighted by molar-refractivity contribution is -0.137. The number of pyridine rings is 1. The molecule has 1 aromatic heterocycles. The van der Waals surface area contributed by atoms with Crippen molar-refractivity contribution < 1.29 is 14.7 Å². The van der Waals surface area contributed by atoms with Gasteiger partial charge in [0.1, 0.15) is 5.15 Å². The number of carbonyl (C=O) groups is 2. The van der Waals surface area contributed by atoms with Gasteiger partial charge in [0.15, 0.2) is 0 Å². The highest BCUT2D eigenvalue weighted by molar-refractivity contribution is 6.41. The normalized spacial score (nSPS) is 11.2. The van der Waals surface area contributed by atoms with Crippen molar-refractivity contribution >= 4 is 35.1 Å². The van der Waals surface area contributed by atoms with Gasteiger partial charge in [-0.3, -0.25) is 9.59 Å². The molecule has 0 aliphatic rings. The van der Waals surface area contributed by atoms with Crippen LogP contribution in [0.2, 0.25) is 10.2 Å². The number of nitrogens with one attached hydrogen (secondary N) is 1. The number of carboxylic acid groups (broad SMARTS) is 1. The first-order chi connectivity index (χ1) is 9.71. The molecule has 0 saturated carbocycles. The molecule has 21 heavy (non-hydrogen) atoms. The molecule has 116 valence electrons. The molecule has 1 rings (SSSR count). The van der Waals surface area contributed by atoms with E-state index in [0.29, 0.717) is 24.9 Å². The van der Waals surface area contributed by atoms with Crippen molar-refractivity contribution in [3.8, 4) is 0 Å². The van der Waals surface area contributed by atoms with E-state index < -0.39 is 5.97 Å². The van der Waals surface area contributed by atoms with Crippen LogP contribution in [0.4, 0.5) is 0 Å². The largest absolute Gasteiger partial charge is 0.481 e. The summed E-state index contributed by atoms with van der Waals surface area (Å²) in [6.45, 7) is 4.40. The third-order valence-electron chi connectivity index (χ3n) is 3.16. The van der Waals surface area contributed by atoms with Crippen LogP contribution in [0.25, 0.3) is 0 Å². The molecule has 0 unspecified atom stereocenters. The summed E-state index contributed by atoms with van der Waals surface area (Å²) in [4.78, 5) is 26.3. The maximum absolute atomic E-state index is 11.9. The van der Waals surface area contributed by atoms with Crippen LogP contribution < -0.4 is 5.32 Å². The van der Waals surface area contributed by atoms with E-state index in [1.165, 1.54) is 12.3 Å². The summed E-state index contributed by atoms with van der Waals surface area (Å²) in [5.74, 6) is -1.09. The highest BCUT2D eigenvalue weighted by Crippen LogP contribution is 2.26. The van der Waals surface area contributed by atoms with Gasteiger partial charge in [0.05, 0.1) is 10.6 Å². The van der Waals surface area contributed by atoms with Gasteiger partial charge in [0.25, 0.3) is 5.91 Å². The average molecular weight is 333 g/mol. The Kier molecular flexibility index (Phi) is 6.42. The minimum absolute atomic E-state index is 0.123. The maximum atomic E-state index is 11.9. The van der Waals surface area contributed by atoms with E-state index in [1.54, 1.807) is 0 Å². The van der Waals surface area contributed by atoms with E-state index in [2.05, 4.69) is 10.3 Å². The van der Waals surface area contributed by atoms with E-state index in [0.717, 1.165) is 0 Å². The molecule has 0 aliphatic carbocycles. The second kappa shape index (κ2) is 7.61. The van der Waals surface area contributed by atoms with Gasteiger partial charge in [-0.15, -0.1) is 0 Å². The number of hydrogen-bond donors (Lipinski definition) is 2. The molecule has 2 N–H and O–H groups in total. The molecule has 1 amide bonds. The van der Waals surface area contributed by atoms with Crippen molar-refractivity contribution in [1.82, 2.24) is 10.3 Å². The Hall–Kier alpha value is -1.33. The zero-order chi connectivity index (χ0) is 16.0. The standard InChI is InChI=1S/C14H18Cl2N2O3/c1-14(2,4-3-11(19)20)5-6-17-13(21)9-7-10(15)12(16)18-8-9/h7-8H,3-6H2,1-2H3,(H,17,21)(H,19,20). The minimum Gasteiger partial charge on any atom is -0.481 e. The second-order valence-corrected chi connectivity index (χ2v) is 6.33. The van der Waals surface area contributed by atoms with Crippen molar-refractivity contribution in [2.75, 3.05) is 6.54 Å². The van der Waals surface area contributed by atoms with Crippen molar-refractivity contribution in [2.24, 2.45) is 5.41 Å². The summed E-state index contributed by atoms with van der Waals surface area (Å²) >= 11 is 11.5. The lowest BCUT2D eigenvalue weighted by Gasteiger charge is -2.23. The Bertz CT molecular complexity index is 533. The number of carbonyl (C=O) groups excluding carboxylic acids is 1. The van der Waals surface area contributed by atoms with Crippen LogP contribution >= 0.6 is 23.2 Å². The zero-order valence-electron chi connectivity index (χ0n) is 11.9. The first-order valence-corrected chi connectivity index (χ1v) is 7.28. The summed E-state index contributed by atoms with van der Waals surface area (Å²) in [6.07, 6.45) is 2.73. The quantitative estimate of drug-likeness (QED) is 0.750. The second-order valence-electron chi connectivity index (χ2n) is 5.56. The molecule has 1 heterocycles. The Morgan fingerprint density at radius 1 is 1.33 bits per heavy atom. The maximum Gasteiger partial charge on any atom is 0.303 e. The van der Waals surface area contributed by atoms with Crippen molar-refractivity contribution in [3.63, 3.8) is 0 Å². The van der Waals surface area contributed by atoms with Crippen LogP contribution in [0, 0.1) is 5.41 Å². The molecule has 5 nitrogen and oxygen atoms in total. The third-order valence-corrected chi connectivity index (χ3v) is 3.85. The summed E-state index contributed by atoms with van der Waals surface area (Å²) in [5, 5.41) is 11.8. The summed E-state index contributed by atoms with van der Waals surface area (Å²) < 4.78 is 0. The molecule has 0 saturated heterocycles. The Morgan fingerprint density at radius 3 is 2.57 bits per heavy atom. The van der Waals surface area contributed by atoms with Gasteiger partial charge in [-0.1, -0.05) is 37.0 Å². The van der Waals surface area contributed by atoms with Gasteiger partial charge in [0.2, 0.25) is 0 Å². The zero-order valence-corrected chi connectivity index (χ0v) is 13.5. The number of amides is 1. The monoisotopic (exact) mass is 332 g/mol. The highest BCUT2D eigenvalue weighted by Gasteiger charge is 2.19. The first kappa shape index (κ1) is 17.7. The van der Waals surface area contributed by atoms with Crippen LogP contribution in [0.5, 0.6) is 0 Å². The van der Waals surface area contributed by atoms with Crippen LogP contribution in [-0.4, -0.2) is 28.5 Å². The molecule has 7 heteroatoms. The number of aliphatic carboxylic acids is 1. The smallest absolute Gasteiger partial charge is 0.303 e. The fourth-order valence-corrected chi connectivity index (χ4v) is 2.00. The van der Waals surface area contributed by atoms with E-state index >= 15 is 0 Å². The molecule has 0 radical (unpaired) electrons. The molecular formula is C14H18Cl2N2O3. The minimum atomic E-state index is -0.811. The van der Waals surface area contributed by atoms with Crippen molar-refractivity contribution in [3.05, 3.63) is 28.0 Å². The molecule has 0 aliphatic heterocycles. The predicted molar refractivity (Wildman–Crippen MR) is 81.9 cm³/mol. The van der Waals surface area contributed by atoms with Crippen molar-refractivity contribution in [1.29, 1.82) is 0 Å². The molecule has 0 aromatic carbocycles. The van der Waals surface area contributed by atoms with E-state index in [-0.39, 0.29) is 27.9 Å². The van der Waals surface area contributed by atoms with Gasteiger partial charge in [0, 0.05) is 19.2 Å². The fourth-order valence-electron chi connectivity index (χ4n) is 1.73. The Balaban J connectivity index is 2.46. The van der Waals surface area contributed by atoms with Crippen molar-refractivity contribution in [2.45, 2.75) is 33.1 Å². The third kappa shape index (κ3) is 6.31. The van der Waals surface area contributed by atoms with E-state index in [9.17, 15) is 9.59 Å². The molecule has 0 fully saturated rings. The van der Waals surface area contributed by atoms with Crippen LogP contribution in [0.15, 0.2) is 12.3 Å². The van der Waals surface area contributed by atoms with Gasteiger partial charge >= 0.3 is 5.97 Å². The van der Waals surface area contributed by atoms with Crippen LogP contribution in [-0.2, 0) is 4.79 Å². The van der Waals surface area contributed by atoms with Gasteiger partial charge < -0.3 is 10.4 Å². The van der Waals surface area contributed by atoms with E-state index in [4.69, 9.17) is 28.3 Å². The number of nitrogens with zero attached hydrogens (tertiary/aromatic N) is 1. The number of rotatable bonds is 7. The van der Waals surface area contributed by atoms with E-state index in [1.807, 2.05) is 13.8 Å². The number of carboxylic acids is 1. The lowest BCUT2D eigenvalue weighted by atomic mass is 9.84. The van der Waals surface area contributed by atoms with Crippen LogP contribution in [0.3, 0.4) is 0 Å². The lowest BCUT2D eigenvalue weighted by Crippen LogP contribution is -2.28. The number of hydrogen-bond acceptors (Lipinski definition) is 3. The Labute approximate surface area is 133 Å². The molecule has 0 spiro atoms. The first-order valence-electron chi connectivity index (χ1n) is 6.52. The Morgan fingerprint density at radius 2 is 2.00 bits per heavy atom. The highest BCUT2D eigenvalue weighted by atomic mass is 35.5. The van der Waals surface area contributed by atoms with Gasteiger partial charge in [-0.2, -0.15) is 0 Å². The summed E-state index contributed by atoms with van der Waals surface area (Å²) in [5.41, 5.74) is 0.189. The summed E-state index contributed by atoms with van der Waals surface area (Å²) in [6, 6.07) is 1.46. The van der Waals surface area contributed by atoms with Gasteiger partial charge in [-0.05, 0) is 24.3 Å². The van der Waals surface area contributed by atoms with Gasteiger partial charge in [-0.25, -0.2) is 4.98 Å². The topological polar surface area (TPSA) is 79.3 Å². The molecular weight excluding hydrogens is 315 g/mol. The molecule has 0 bridgehead atoms. The fraction of sp³-hybridized carbons (Fsp3) is 0.500. The SMILES string of the molecule is CC(C)(CCNC(=O)c1cnc(Cl)c(Cl)c1)CCC(=O)O. The molecule has 0 atom stereocenters. The number of aromatic nitrogens is 1. The molecule has 1 aromatic rings. The van der Waals surface area contributed by atoms with Crippen LogP contribution in [0.1, 0.15) is 43.5 Å². The average Bonchev–Trinajstić information content (AvgIpc) is 2.39. The number of halogens is 2. The predicted octanol–water partition coefficient (Wildman–Crippen LogP) is 3.40. The summed E-state index contributed by atoms with van der Waals surface area (Å²) in [7, 11) is 0.